The summed E-state index contributed by atoms with van der Waals surface area (Å²) in [5, 5.41) is 0. The van der Waals surface area contributed by atoms with E-state index in [4.69, 9.17) is 18.9 Å². The number of esters is 2. The van der Waals surface area contributed by atoms with Gasteiger partial charge in [0.25, 0.3) is 0 Å². The highest BCUT2D eigenvalue weighted by atomic mass is 16.5. The van der Waals surface area contributed by atoms with Crippen molar-refractivity contribution in [2.45, 2.75) is 232 Å². The van der Waals surface area contributed by atoms with Gasteiger partial charge in [0.1, 0.15) is 11.5 Å². The first kappa shape index (κ1) is 54.5. The molecule has 0 unspecified atom stereocenters. The first-order valence-corrected chi connectivity index (χ1v) is 25.4. The summed E-state index contributed by atoms with van der Waals surface area (Å²) in [6.45, 7) is 5.72. The third kappa shape index (κ3) is 30.4. The Kier molecular flexibility index (Phi) is 34.2. The van der Waals surface area contributed by atoms with Crippen molar-refractivity contribution in [3.05, 3.63) is 69.0 Å². The number of ether oxygens (including phenoxy) is 4. The highest BCUT2D eigenvalue weighted by Gasteiger charge is 2.10. The Labute approximate surface area is 376 Å². The Morgan fingerprint density at radius 2 is 0.597 bits per heavy atom. The number of unbranched alkanes of at least 4 members (excludes halogenated alkanes) is 29. The minimum atomic E-state index is -0.425. The Morgan fingerprint density at radius 3 is 0.903 bits per heavy atom. The van der Waals surface area contributed by atoms with Crippen LogP contribution in [0.25, 0.3) is 0 Å². The number of rotatable bonds is 41. The SMILES string of the molecule is CCCCCCCCCCCCCCCOc1ccc(OC(=O)CCCCCCCCC(=O)Oc2ccc(OCCCCCCCCCCCCCCC)ccc2=O)c(=O)cc1. The second-order valence-electron chi connectivity index (χ2n) is 17.3. The van der Waals surface area contributed by atoms with E-state index in [0.29, 0.717) is 37.6 Å². The van der Waals surface area contributed by atoms with Crippen molar-refractivity contribution < 1.29 is 28.5 Å². The molecule has 0 spiro atoms. The normalized spacial score (nSPS) is 11.1. The van der Waals surface area contributed by atoms with E-state index in [0.717, 1.165) is 51.4 Å². The predicted octanol–water partition coefficient (Wildman–Crippen LogP) is 15.0. The lowest BCUT2D eigenvalue weighted by Gasteiger charge is -2.05. The number of carbonyl (C=O) groups excluding carboxylic acids is 2. The zero-order valence-electron chi connectivity index (χ0n) is 39.3. The summed E-state index contributed by atoms with van der Waals surface area (Å²) in [5.41, 5.74) is -0.705. The van der Waals surface area contributed by atoms with Crippen LogP contribution >= 0.6 is 0 Å². The van der Waals surface area contributed by atoms with Crippen molar-refractivity contribution in [3.63, 3.8) is 0 Å². The van der Waals surface area contributed by atoms with E-state index in [1.54, 1.807) is 24.3 Å². The summed E-state index contributed by atoms with van der Waals surface area (Å²) in [6.07, 6.45) is 39.0. The molecule has 2 rings (SSSR count). The first-order valence-electron chi connectivity index (χ1n) is 25.4. The van der Waals surface area contributed by atoms with Crippen LogP contribution in [0, 0.1) is 0 Å². The van der Waals surface area contributed by atoms with Crippen molar-refractivity contribution in [2.75, 3.05) is 13.2 Å². The molecule has 0 N–H and O–H groups in total. The molecule has 0 saturated heterocycles. The van der Waals surface area contributed by atoms with E-state index in [9.17, 15) is 19.2 Å². The van der Waals surface area contributed by atoms with Gasteiger partial charge in [0, 0.05) is 12.8 Å². The third-order valence-corrected chi connectivity index (χ3v) is 11.6. The maximum atomic E-state index is 12.5. The molecule has 0 aromatic heterocycles. The van der Waals surface area contributed by atoms with Gasteiger partial charge in [-0.15, -0.1) is 0 Å². The van der Waals surface area contributed by atoms with Gasteiger partial charge < -0.3 is 18.9 Å². The standard InChI is InChI=1S/C54H86O8/c1-3-5-7-9-11-13-15-17-19-21-25-29-33-45-59-47-37-41-49(55)51(43-39-47)61-53(57)35-31-27-23-24-28-32-36-54(58)62-52-44-40-48(38-42-50(52)56)60-46-34-30-26-22-20-18-16-14-12-10-8-6-4-2/h37-44H,3-36,45-46H2,1-2H3. The highest BCUT2D eigenvalue weighted by molar-refractivity contribution is 5.72. The molecule has 0 saturated carbocycles. The average molecular weight is 863 g/mol. The largest absolute Gasteiger partial charge is 0.494 e. The molecule has 0 aliphatic rings. The molecule has 62 heavy (non-hydrogen) atoms. The van der Waals surface area contributed by atoms with Crippen molar-refractivity contribution in [3.8, 4) is 23.0 Å². The maximum absolute atomic E-state index is 12.5. The van der Waals surface area contributed by atoms with Gasteiger partial charge in [-0.1, -0.05) is 194 Å². The topological polar surface area (TPSA) is 105 Å². The number of hydrogen-bond acceptors (Lipinski definition) is 8. The molecule has 0 heterocycles. The molecule has 8 heteroatoms. The fourth-order valence-electron chi connectivity index (χ4n) is 7.64. The molecule has 0 aliphatic heterocycles. The van der Waals surface area contributed by atoms with Crippen LogP contribution in [0.4, 0.5) is 0 Å². The summed E-state index contributed by atoms with van der Waals surface area (Å²) >= 11 is 0. The van der Waals surface area contributed by atoms with E-state index >= 15 is 0 Å². The molecule has 0 radical (unpaired) electrons. The van der Waals surface area contributed by atoms with Crippen LogP contribution in [-0.2, 0) is 9.59 Å². The number of hydrogen-bond donors (Lipinski definition) is 0. The Bertz CT molecular complexity index is 1430. The summed E-state index contributed by atoms with van der Waals surface area (Å²) < 4.78 is 22.5. The molecule has 2 aromatic rings. The summed E-state index contributed by atoms with van der Waals surface area (Å²) in [4.78, 5) is 49.9. The van der Waals surface area contributed by atoms with Gasteiger partial charge in [-0.05, 0) is 74.2 Å². The average Bonchev–Trinajstić information content (AvgIpc) is 3.55. The van der Waals surface area contributed by atoms with Crippen LogP contribution in [0.2, 0.25) is 0 Å². The Morgan fingerprint density at radius 1 is 0.339 bits per heavy atom. The maximum Gasteiger partial charge on any atom is 0.311 e. The Hall–Kier alpha value is -3.68. The van der Waals surface area contributed by atoms with Crippen molar-refractivity contribution in [1.29, 1.82) is 0 Å². The van der Waals surface area contributed by atoms with E-state index < -0.39 is 11.9 Å². The minimum absolute atomic E-state index is 0.0139. The van der Waals surface area contributed by atoms with Crippen LogP contribution in [0.5, 0.6) is 23.0 Å². The molecular formula is C54H86O8. The van der Waals surface area contributed by atoms with E-state index in [1.165, 1.54) is 166 Å². The fraction of sp³-hybridized carbons (Fsp3) is 0.704. The fourth-order valence-corrected chi connectivity index (χ4v) is 7.64. The van der Waals surface area contributed by atoms with E-state index in [-0.39, 0.29) is 35.2 Å². The summed E-state index contributed by atoms with van der Waals surface area (Å²) in [6, 6.07) is 12.5. The lowest BCUT2D eigenvalue weighted by atomic mass is 10.0. The van der Waals surface area contributed by atoms with Crippen molar-refractivity contribution in [1.82, 2.24) is 0 Å². The van der Waals surface area contributed by atoms with Crippen LogP contribution < -0.4 is 29.8 Å². The molecule has 0 aliphatic carbocycles. The van der Waals surface area contributed by atoms with Gasteiger partial charge >= 0.3 is 11.9 Å². The minimum Gasteiger partial charge on any atom is -0.494 e. The monoisotopic (exact) mass is 863 g/mol. The third-order valence-electron chi connectivity index (χ3n) is 11.6. The van der Waals surface area contributed by atoms with Crippen LogP contribution in [0.1, 0.15) is 232 Å². The molecule has 8 nitrogen and oxygen atoms in total. The van der Waals surface area contributed by atoms with E-state index in [1.807, 2.05) is 0 Å². The zero-order valence-corrected chi connectivity index (χ0v) is 39.3. The number of carbonyl (C=O) groups is 2. The summed E-state index contributed by atoms with van der Waals surface area (Å²) in [7, 11) is 0. The van der Waals surface area contributed by atoms with Gasteiger partial charge in [-0.25, -0.2) is 0 Å². The molecule has 0 fully saturated rings. The second-order valence-corrected chi connectivity index (χ2v) is 17.3. The van der Waals surface area contributed by atoms with Crippen molar-refractivity contribution in [2.24, 2.45) is 0 Å². The molecule has 0 bridgehead atoms. The van der Waals surface area contributed by atoms with Crippen LogP contribution in [0.15, 0.2) is 58.1 Å². The molecule has 0 amide bonds. The van der Waals surface area contributed by atoms with Crippen LogP contribution in [-0.4, -0.2) is 25.2 Å². The molecule has 0 atom stereocenters. The molecule has 2 aromatic carbocycles. The predicted molar refractivity (Wildman–Crippen MR) is 256 cm³/mol. The van der Waals surface area contributed by atoms with Gasteiger partial charge in [-0.2, -0.15) is 0 Å². The first-order chi connectivity index (χ1) is 30.4. The second kappa shape index (κ2) is 39.0. The quantitative estimate of drug-likeness (QED) is 0.0481. The van der Waals surface area contributed by atoms with E-state index in [2.05, 4.69) is 13.8 Å². The highest BCUT2D eigenvalue weighted by Crippen LogP contribution is 2.18. The van der Waals surface area contributed by atoms with Crippen molar-refractivity contribution >= 4 is 11.9 Å². The zero-order chi connectivity index (χ0) is 44.6. The lowest BCUT2D eigenvalue weighted by Crippen LogP contribution is -2.12. The van der Waals surface area contributed by atoms with Gasteiger partial charge in [0.2, 0.25) is 10.9 Å². The van der Waals surface area contributed by atoms with Gasteiger partial charge in [0.05, 0.1) is 13.2 Å². The van der Waals surface area contributed by atoms with Gasteiger partial charge in [-0.3, -0.25) is 19.2 Å². The molecular weight excluding hydrogens is 777 g/mol. The summed E-state index contributed by atoms with van der Waals surface area (Å²) in [5.74, 6) is 0.364. The van der Waals surface area contributed by atoms with Crippen LogP contribution in [0.3, 0.4) is 0 Å². The molecule has 350 valence electrons. The lowest BCUT2D eigenvalue weighted by molar-refractivity contribution is -0.135. The Balaban J connectivity index is 1.48. The smallest absolute Gasteiger partial charge is 0.311 e. The van der Waals surface area contributed by atoms with Gasteiger partial charge in [0.15, 0.2) is 11.5 Å².